The van der Waals surface area contributed by atoms with Gasteiger partial charge in [-0.25, -0.2) is 0 Å². The third-order valence-corrected chi connectivity index (χ3v) is 4.84. The molecule has 0 spiro atoms. The SMILES string of the molecule is C#Cc1ccc(-c2cccc(-c3ccc(C#C)cc3)c2C(=NC(C)C)NC(C)C)cc1. The zero-order valence-electron chi connectivity index (χ0n) is 18.6. The molecule has 3 aromatic carbocycles. The Morgan fingerprint density at radius 3 is 1.55 bits per heavy atom. The van der Waals surface area contributed by atoms with Crippen molar-refractivity contribution in [1.82, 2.24) is 5.32 Å². The lowest BCUT2D eigenvalue weighted by atomic mass is 9.90. The number of nitrogens with one attached hydrogen (secondary N) is 1. The Bertz CT molecular complexity index is 1070. The second-order valence-electron chi connectivity index (χ2n) is 8.04. The summed E-state index contributed by atoms with van der Waals surface area (Å²) >= 11 is 0. The fourth-order valence-corrected chi connectivity index (χ4v) is 3.49. The molecule has 154 valence electrons. The Morgan fingerprint density at radius 2 is 1.19 bits per heavy atom. The van der Waals surface area contributed by atoms with Crippen LogP contribution in [0.1, 0.15) is 44.4 Å². The topological polar surface area (TPSA) is 24.4 Å². The van der Waals surface area contributed by atoms with Crippen molar-refractivity contribution in [2.75, 3.05) is 0 Å². The highest BCUT2D eigenvalue weighted by Crippen LogP contribution is 2.33. The van der Waals surface area contributed by atoms with E-state index in [4.69, 9.17) is 17.8 Å². The number of benzene rings is 3. The minimum absolute atomic E-state index is 0.148. The molecule has 0 aliphatic heterocycles. The molecule has 0 amide bonds. The Kier molecular flexibility index (Phi) is 6.96. The molecule has 0 fully saturated rings. The van der Waals surface area contributed by atoms with E-state index in [9.17, 15) is 0 Å². The quantitative estimate of drug-likeness (QED) is 0.308. The lowest BCUT2D eigenvalue weighted by Crippen LogP contribution is -2.32. The molecule has 0 heterocycles. The van der Waals surface area contributed by atoms with Crippen LogP contribution < -0.4 is 5.32 Å². The monoisotopic (exact) mass is 404 g/mol. The molecule has 3 rings (SSSR count). The number of nitrogens with zero attached hydrogens (tertiary/aromatic N) is 1. The molecule has 0 saturated heterocycles. The van der Waals surface area contributed by atoms with Crippen molar-refractivity contribution >= 4 is 5.84 Å². The van der Waals surface area contributed by atoms with E-state index >= 15 is 0 Å². The number of hydrogen-bond donors (Lipinski definition) is 1. The lowest BCUT2D eigenvalue weighted by Gasteiger charge is -2.21. The highest BCUT2D eigenvalue weighted by Gasteiger charge is 2.18. The summed E-state index contributed by atoms with van der Waals surface area (Å²) in [6.45, 7) is 8.44. The van der Waals surface area contributed by atoms with Crippen LogP contribution in [0.2, 0.25) is 0 Å². The van der Waals surface area contributed by atoms with Crippen molar-refractivity contribution in [2.24, 2.45) is 4.99 Å². The van der Waals surface area contributed by atoms with Crippen molar-refractivity contribution in [2.45, 2.75) is 39.8 Å². The molecule has 0 radical (unpaired) electrons. The fourth-order valence-electron chi connectivity index (χ4n) is 3.49. The summed E-state index contributed by atoms with van der Waals surface area (Å²) in [4.78, 5) is 4.97. The molecule has 2 heteroatoms. The molecule has 1 N–H and O–H groups in total. The second-order valence-corrected chi connectivity index (χ2v) is 8.04. The number of amidine groups is 1. The van der Waals surface area contributed by atoms with Crippen LogP contribution >= 0.6 is 0 Å². The molecule has 0 bridgehead atoms. The van der Waals surface area contributed by atoms with E-state index < -0.39 is 0 Å². The Balaban J connectivity index is 2.30. The maximum Gasteiger partial charge on any atom is 0.129 e. The molecule has 0 atom stereocenters. The van der Waals surface area contributed by atoms with E-state index in [-0.39, 0.29) is 12.1 Å². The van der Waals surface area contributed by atoms with Crippen LogP contribution in [0.5, 0.6) is 0 Å². The Hall–Kier alpha value is -3.75. The van der Waals surface area contributed by atoms with Crippen molar-refractivity contribution < 1.29 is 0 Å². The minimum Gasteiger partial charge on any atom is -0.368 e. The molecular weight excluding hydrogens is 376 g/mol. The normalized spacial score (nSPS) is 11.3. The first-order valence-electron chi connectivity index (χ1n) is 10.5. The fraction of sp³-hybridized carbons (Fsp3) is 0.207. The summed E-state index contributed by atoms with van der Waals surface area (Å²) in [7, 11) is 0. The molecule has 3 aromatic rings. The van der Waals surface area contributed by atoms with E-state index in [1.165, 1.54) is 0 Å². The molecule has 0 saturated carbocycles. The van der Waals surface area contributed by atoms with Gasteiger partial charge in [-0.3, -0.25) is 4.99 Å². The molecule has 0 unspecified atom stereocenters. The van der Waals surface area contributed by atoms with E-state index in [0.717, 1.165) is 44.8 Å². The molecule has 0 aromatic heterocycles. The van der Waals surface area contributed by atoms with Crippen molar-refractivity contribution in [3.8, 4) is 46.9 Å². The maximum absolute atomic E-state index is 5.56. The molecule has 0 aliphatic rings. The molecule has 2 nitrogen and oxygen atoms in total. The highest BCUT2D eigenvalue weighted by molar-refractivity contribution is 6.10. The van der Waals surface area contributed by atoms with E-state index in [0.29, 0.717) is 0 Å². The smallest absolute Gasteiger partial charge is 0.129 e. The predicted octanol–water partition coefficient (Wildman–Crippen LogP) is 6.14. The first-order chi connectivity index (χ1) is 14.9. The van der Waals surface area contributed by atoms with Gasteiger partial charge in [-0.05, 0) is 74.2 Å². The summed E-state index contributed by atoms with van der Waals surface area (Å²) in [5.41, 5.74) is 7.21. The number of hydrogen-bond acceptors (Lipinski definition) is 1. The van der Waals surface area contributed by atoms with E-state index in [2.05, 4.69) is 87.3 Å². The summed E-state index contributed by atoms with van der Waals surface area (Å²) < 4.78 is 0. The first-order valence-corrected chi connectivity index (χ1v) is 10.5. The van der Waals surface area contributed by atoms with Gasteiger partial charge in [0.05, 0.1) is 0 Å². The summed E-state index contributed by atoms with van der Waals surface area (Å²) in [5, 5.41) is 3.58. The van der Waals surface area contributed by atoms with Gasteiger partial charge in [0, 0.05) is 28.8 Å². The number of rotatable bonds is 5. The van der Waals surface area contributed by atoms with E-state index in [1.54, 1.807) is 0 Å². The van der Waals surface area contributed by atoms with Crippen LogP contribution in [0.25, 0.3) is 22.3 Å². The average molecular weight is 405 g/mol. The van der Waals surface area contributed by atoms with Gasteiger partial charge in [0.25, 0.3) is 0 Å². The zero-order chi connectivity index (χ0) is 22.4. The second kappa shape index (κ2) is 9.84. The first kappa shape index (κ1) is 21.9. The zero-order valence-corrected chi connectivity index (χ0v) is 18.6. The highest BCUT2D eigenvalue weighted by atomic mass is 15.0. The van der Waals surface area contributed by atoms with Gasteiger partial charge in [0.2, 0.25) is 0 Å². The van der Waals surface area contributed by atoms with Crippen LogP contribution in [0.3, 0.4) is 0 Å². The summed E-state index contributed by atoms with van der Waals surface area (Å²) in [6.07, 6.45) is 11.1. The van der Waals surface area contributed by atoms with Gasteiger partial charge < -0.3 is 5.32 Å². The van der Waals surface area contributed by atoms with Crippen LogP contribution in [-0.4, -0.2) is 17.9 Å². The van der Waals surface area contributed by atoms with Gasteiger partial charge in [-0.1, -0.05) is 54.3 Å². The van der Waals surface area contributed by atoms with Crippen LogP contribution in [0.15, 0.2) is 71.7 Å². The number of aliphatic imine (C=N–C) groups is 1. The molecular formula is C29H28N2. The maximum atomic E-state index is 5.56. The third kappa shape index (κ3) is 5.25. The largest absolute Gasteiger partial charge is 0.368 e. The lowest BCUT2D eigenvalue weighted by molar-refractivity contribution is 0.720. The van der Waals surface area contributed by atoms with E-state index in [1.807, 2.05) is 24.3 Å². The van der Waals surface area contributed by atoms with Crippen LogP contribution in [0, 0.1) is 24.7 Å². The van der Waals surface area contributed by atoms with Crippen LogP contribution in [0.4, 0.5) is 0 Å². The Morgan fingerprint density at radius 1 is 0.742 bits per heavy atom. The Labute approximate surface area is 186 Å². The number of terminal acetylenes is 2. The van der Waals surface area contributed by atoms with Crippen molar-refractivity contribution in [3.05, 3.63) is 83.4 Å². The standard InChI is InChI=1S/C29H28N2/c1-7-22-12-16-24(17-13-22)26-10-9-11-27(25-18-14-23(8-2)15-19-25)28(26)29(30-20(3)4)31-21(5)6/h1-2,9-21H,3-6H3,(H,30,31). The predicted molar refractivity (Wildman–Crippen MR) is 133 cm³/mol. The van der Waals surface area contributed by atoms with Crippen LogP contribution in [-0.2, 0) is 0 Å². The minimum atomic E-state index is 0.148. The summed E-state index contributed by atoms with van der Waals surface area (Å²) in [5.74, 6) is 6.27. The summed E-state index contributed by atoms with van der Waals surface area (Å²) in [6, 6.07) is 22.9. The van der Waals surface area contributed by atoms with Gasteiger partial charge >= 0.3 is 0 Å². The third-order valence-electron chi connectivity index (χ3n) is 4.84. The van der Waals surface area contributed by atoms with Gasteiger partial charge in [0.1, 0.15) is 5.84 Å². The van der Waals surface area contributed by atoms with Gasteiger partial charge in [0.15, 0.2) is 0 Å². The molecule has 31 heavy (non-hydrogen) atoms. The van der Waals surface area contributed by atoms with Gasteiger partial charge in [-0.15, -0.1) is 12.8 Å². The van der Waals surface area contributed by atoms with Crippen molar-refractivity contribution in [3.63, 3.8) is 0 Å². The van der Waals surface area contributed by atoms with Gasteiger partial charge in [-0.2, -0.15) is 0 Å². The molecule has 0 aliphatic carbocycles. The average Bonchev–Trinajstić information content (AvgIpc) is 2.77. The van der Waals surface area contributed by atoms with Crippen molar-refractivity contribution in [1.29, 1.82) is 0 Å².